The lowest BCUT2D eigenvalue weighted by Gasteiger charge is -2.13. The summed E-state index contributed by atoms with van der Waals surface area (Å²) in [7, 11) is 0. The molecule has 2 aromatic rings. The van der Waals surface area contributed by atoms with Gasteiger partial charge in [0.2, 0.25) is 0 Å². The second kappa shape index (κ2) is 6.27. The van der Waals surface area contributed by atoms with Crippen LogP contribution in [0.2, 0.25) is 0 Å². The number of hydrogen-bond acceptors (Lipinski definition) is 2. The fourth-order valence-corrected chi connectivity index (χ4v) is 3.32. The van der Waals surface area contributed by atoms with Crippen LogP contribution in [0.1, 0.15) is 16.8 Å². The van der Waals surface area contributed by atoms with E-state index < -0.39 is 0 Å². The molecular formula is C18H16FNS. The average molecular weight is 297 g/mol. The number of aromatic nitrogens is 1. The Hall–Kier alpha value is -1.87. The Kier molecular flexibility index (Phi) is 4.20. The molecular weight excluding hydrogens is 281 g/mol. The van der Waals surface area contributed by atoms with Crippen LogP contribution in [0.15, 0.2) is 60.2 Å². The summed E-state index contributed by atoms with van der Waals surface area (Å²) in [5.41, 5.74) is 3.48. The molecule has 1 aliphatic rings. The van der Waals surface area contributed by atoms with E-state index in [0.717, 1.165) is 22.6 Å². The van der Waals surface area contributed by atoms with E-state index >= 15 is 0 Å². The molecule has 1 unspecified atom stereocenters. The first-order valence-corrected chi connectivity index (χ1v) is 7.97. The van der Waals surface area contributed by atoms with E-state index in [1.54, 1.807) is 24.0 Å². The Morgan fingerprint density at radius 2 is 2.05 bits per heavy atom. The Bertz CT molecular complexity index is 658. The van der Waals surface area contributed by atoms with Gasteiger partial charge < -0.3 is 0 Å². The van der Waals surface area contributed by atoms with Crippen molar-refractivity contribution < 1.29 is 4.39 Å². The molecule has 0 N–H and O–H groups in total. The van der Waals surface area contributed by atoms with E-state index in [0.29, 0.717) is 11.5 Å². The molecule has 106 valence electrons. The van der Waals surface area contributed by atoms with E-state index in [1.165, 1.54) is 6.07 Å². The minimum atomic E-state index is -0.193. The smallest absolute Gasteiger partial charge is 0.131 e. The summed E-state index contributed by atoms with van der Waals surface area (Å²) < 4.78 is 14.2. The van der Waals surface area contributed by atoms with Crippen LogP contribution in [0.4, 0.5) is 4.39 Å². The Morgan fingerprint density at radius 1 is 1.24 bits per heavy atom. The molecule has 3 rings (SSSR count). The van der Waals surface area contributed by atoms with E-state index in [2.05, 4.69) is 22.5 Å². The molecule has 0 aliphatic carbocycles. The van der Waals surface area contributed by atoms with Gasteiger partial charge in [0.05, 0.1) is 0 Å². The monoisotopic (exact) mass is 297 g/mol. The number of thioether (sulfide) groups is 1. The van der Waals surface area contributed by atoms with E-state index in [9.17, 15) is 4.39 Å². The fourth-order valence-electron chi connectivity index (χ4n) is 2.47. The third-order valence-electron chi connectivity index (χ3n) is 3.55. The van der Waals surface area contributed by atoms with Crippen LogP contribution >= 0.6 is 11.8 Å². The third kappa shape index (κ3) is 3.08. The van der Waals surface area contributed by atoms with Crippen molar-refractivity contribution in [3.05, 3.63) is 82.8 Å². The molecule has 21 heavy (non-hydrogen) atoms. The number of aryl methyl sites for hydroxylation is 1. The van der Waals surface area contributed by atoms with Crippen LogP contribution in [0.3, 0.4) is 0 Å². The summed E-state index contributed by atoms with van der Waals surface area (Å²) in [6.07, 6.45) is 6.08. The van der Waals surface area contributed by atoms with Crippen molar-refractivity contribution in [1.82, 2.24) is 4.98 Å². The number of pyridine rings is 1. The first-order valence-electron chi connectivity index (χ1n) is 6.92. The number of nitrogens with zero attached hydrogens (tertiary/aromatic N) is 1. The first kappa shape index (κ1) is 14.1. The van der Waals surface area contributed by atoms with Crippen LogP contribution in [0.5, 0.6) is 0 Å². The van der Waals surface area contributed by atoms with Crippen molar-refractivity contribution in [1.29, 1.82) is 0 Å². The van der Waals surface area contributed by atoms with Gasteiger partial charge in [0.1, 0.15) is 5.82 Å². The number of benzene rings is 1. The number of halogens is 1. The molecule has 0 spiro atoms. The van der Waals surface area contributed by atoms with Gasteiger partial charge in [0, 0.05) is 34.7 Å². The largest absolute Gasteiger partial charge is 0.261 e. The average Bonchev–Trinajstić information content (AvgIpc) is 3.00. The SMILES string of the molecule is Cc1ncccc1C(=CC1C=CSC1)c1ccccc1F. The molecule has 0 radical (unpaired) electrons. The molecule has 0 amide bonds. The zero-order valence-corrected chi connectivity index (χ0v) is 12.6. The maximum Gasteiger partial charge on any atom is 0.131 e. The first-order chi connectivity index (χ1) is 10.3. The van der Waals surface area contributed by atoms with Gasteiger partial charge >= 0.3 is 0 Å². The van der Waals surface area contributed by atoms with Crippen molar-refractivity contribution in [2.24, 2.45) is 5.92 Å². The van der Waals surface area contributed by atoms with Crippen LogP contribution in [-0.2, 0) is 0 Å². The molecule has 0 fully saturated rings. The van der Waals surface area contributed by atoms with Gasteiger partial charge in [-0.3, -0.25) is 4.98 Å². The minimum absolute atomic E-state index is 0.193. The lowest BCUT2D eigenvalue weighted by Crippen LogP contribution is -2.00. The topological polar surface area (TPSA) is 12.9 Å². The van der Waals surface area contributed by atoms with Gasteiger partial charge in [-0.2, -0.15) is 0 Å². The number of hydrogen-bond donors (Lipinski definition) is 0. The number of rotatable bonds is 3. The Balaban J connectivity index is 2.14. The normalized spacial score (nSPS) is 18.2. The Labute approximate surface area is 128 Å². The summed E-state index contributed by atoms with van der Waals surface area (Å²) in [6, 6.07) is 10.8. The summed E-state index contributed by atoms with van der Waals surface area (Å²) in [6.45, 7) is 1.96. The highest BCUT2D eigenvalue weighted by Crippen LogP contribution is 2.31. The lowest BCUT2D eigenvalue weighted by molar-refractivity contribution is 0.624. The molecule has 1 atom stereocenters. The highest BCUT2D eigenvalue weighted by Gasteiger charge is 2.15. The second-order valence-corrected chi connectivity index (χ2v) is 5.96. The van der Waals surface area contributed by atoms with Gasteiger partial charge in [0.25, 0.3) is 0 Å². The standard InChI is InChI=1S/C18H16FNS/c1-13-15(6-4-9-20-13)17(11-14-8-10-21-12-14)16-5-2-3-7-18(16)19/h2-11,14H,12H2,1H3. The van der Waals surface area contributed by atoms with Crippen molar-refractivity contribution >= 4 is 17.3 Å². The number of allylic oxidation sites excluding steroid dienone is 2. The van der Waals surface area contributed by atoms with Crippen LogP contribution in [0.25, 0.3) is 5.57 Å². The zero-order valence-electron chi connectivity index (χ0n) is 11.8. The summed E-state index contributed by atoms with van der Waals surface area (Å²) in [4.78, 5) is 4.34. The minimum Gasteiger partial charge on any atom is -0.261 e. The highest BCUT2D eigenvalue weighted by molar-refractivity contribution is 8.02. The van der Waals surface area contributed by atoms with E-state index in [4.69, 9.17) is 0 Å². The van der Waals surface area contributed by atoms with E-state index in [1.807, 2.05) is 31.2 Å². The predicted molar refractivity (Wildman–Crippen MR) is 87.5 cm³/mol. The van der Waals surface area contributed by atoms with Gasteiger partial charge in [0.15, 0.2) is 0 Å². The fraction of sp³-hybridized carbons (Fsp3) is 0.167. The summed E-state index contributed by atoms with van der Waals surface area (Å²) in [5.74, 6) is 1.16. The molecule has 1 aromatic carbocycles. The molecule has 0 saturated carbocycles. The van der Waals surface area contributed by atoms with Gasteiger partial charge in [-0.25, -0.2) is 4.39 Å². The molecule has 0 saturated heterocycles. The van der Waals surface area contributed by atoms with Crippen molar-refractivity contribution in [2.75, 3.05) is 5.75 Å². The zero-order chi connectivity index (χ0) is 14.7. The molecule has 1 aromatic heterocycles. The van der Waals surface area contributed by atoms with Crippen LogP contribution < -0.4 is 0 Å². The molecule has 3 heteroatoms. The molecule has 1 nitrogen and oxygen atoms in total. The van der Waals surface area contributed by atoms with E-state index in [-0.39, 0.29) is 5.82 Å². The highest BCUT2D eigenvalue weighted by atomic mass is 32.2. The maximum absolute atomic E-state index is 14.2. The van der Waals surface area contributed by atoms with Crippen molar-refractivity contribution in [3.63, 3.8) is 0 Å². The van der Waals surface area contributed by atoms with Crippen LogP contribution in [0, 0.1) is 18.7 Å². The summed E-state index contributed by atoms with van der Waals surface area (Å²) >= 11 is 1.79. The Morgan fingerprint density at radius 3 is 2.76 bits per heavy atom. The maximum atomic E-state index is 14.2. The van der Waals surface area contributed by atoms with Crippen LogP contribution in [-0.4, -0.2) is 10.7 Å². The molecule has 0 bridgehead atoms. The third-order valence-corrected chi connectivity index (χ3v) is 4.48. The van der Waals surface area contributed by atoms with Gasteiger partial charge in [-0.15, -0.1) is 11.8 Å². The van der Waals surface area contributed by atoms with Gasteiger partial charge in [-0.05, 0) is 30.0 Å². The summed E-state index contributed by atoms with van der Waals surface area (Å²) in [5, 5.41) is 2.11. The van der Waals surface area contributed by atoms with Gasteiger partial charge in [-0.1, -0.05) is 36.4 Å². The quantitative estimate of drug-likeness (QED) is 0.804. The second-order valence-electron chi connectivity index (χ2n) is 5.02. The van der Waals surface area contributed by atoms with Crippen molar-refractivity contribution in [2.45, 2.75) is 6.92 Å². The predicted octanol–water partition coefficient (Wildman–Crippen LogP) is 4.84. The van der Waals surface area contributed by atoms with Crippen molar-refractivity contribution in [3.8, 4) is 0 Å². The lowest BCUT2D eigenvalue weighted by atomic mass is 9.93. The molecule has 1 aliphatic heterocycles. The molecule has 2 heterocycles.